The Morgan fingerprint density at radius 3 is 2.73 bits per heavy atom. The number of hydrogen-bond donors (Lipinski definition) is 2. The largest absolute Gasteiger partial charge is 0.395 e. The molecule has 5 heteroatoms. The fraction of sp³-hybridized carbons (Fsp3) is 0.824. The normalized spacial score (nSPS) is 13.7. The summed E-state index contributed by atoms with van der Waals surface area (Å²) in [7, 11) is 1.78. The maximum atomic E-state index is 9.20. The molecule has 1 aromatic rings. The Bertz CT molecular complexity index is 379. The van der Waals surface area contributed by atoms with Crippen LogP contribution in [0, 0.1) is 5.92 Å². The first-order valence-electron chi connectivity index (χ1n) is 8.33. The van der Waals surface area contributed by atoms with Gasteiger partial charge in [-0.1, -0.05) is 19.8 Å². The molecular weight excluding hydrogens is 278 g/mol. The van der Waals surface area contributed by atoms with Crippen LogP contribution >= 0.6 is 0 Å². The van der Waals surface area contributed by atoms with Gasteiger partial charge in [-0.3, -0.25) is 4.90 Å². The molecule has 1 rings (SSSR count). The summed E-state index contributed by atoms with van der Waals surface area (Å²) >= 11 is 0. The van der Waals surface area contributed by atoms with Crippen molar-refractivity contribution in [3.05, 3.63) is 18.2 Å². The third kappa shape index (κ3) is 7.92. The number of imidazole rings is 1. The summed E-state index contributed by atoms with van der Waals surface area (Å²) in [4.78, 5) is 9.64. The van der Waals surface area contributed by atoms with Crippen molar-refractivity contribution in [1.29, 1.82) is 0 Å². The van der Waals surface area contributed by atoms with Crippen LogP contribution in [-0.4, -0.2) is 52.4 Å². The van der Waals surface area contributed by atoms with E-state index in [1.54, 1.807) is 13.3 Å². The lowest BCUT2D eigenvalue weighted by Gasteiger charge is -2.25. The molecule has 0 aliphatic heterocycles. The third-order valence-corrected chi connectivity index (χ3v) is 4.31. The fourth-order valence-corrected chi connectivity index (χ4v) is 2.53. The Labute approximate surface area is 135 Å². The highest BCUT2D eigenvalue weighted by molar-refractivity contribution is 4.86. The van der Waals surface area contributed by atoms with E-state index in [4.69, 9.17) is 4.74 Å². The zero-order valence-electron chi connectivity index (χ0n) is 14.6. The van der Waals surface area contributed by atoms with E-state index in [1.807, 2.05) is 6.20 Å². The van der Waals surface area contributed by atoms with Crippen LogP contribution in [0.25, 0.3) is 0 Å². The first kappa shape index (κ1) is 19.1. The Hall–Kier alpha value is -0.910. The van der Waals surface area contributed by atoms with E-state index in [2.05, 4.69) is 35.6 Å². The summed E-state index contributed by atoms with van der Waals surface area (Å²) in [6.45, 7) is 9.26. The van der Waals surface area contributed by atoms with E-state index >= 15 is 0 Å². The molecule has 1 aromatic heterocycles. The fourth-order valence-electron chi connectivity index (χ4n) is 2.53. The quantitative estimate of drug-likeness (QED) is 0.623. The van der Waals surface area contributed by atoms with Crippen molar-refractivity contribution < 1.29 is 9.84 Å². The van der Waals surface area contributed by atoms with Gasteiger partial charge in [-0.25, -0.2) is 4.98 Å². The number of aromatic amines is 1. The molecule has 0 radical (unpaired) electrons. The minimum absolute atomic E-state index is 0.0120. The zero-order valence-corrected chi connectivity index (χ0v) is 14.6. The molecule has 0 aliphatic rings. The van der Waals surface area contributed by atoms with Crippen molar-refractivity contribution in [2.75, 3.05) is 26.8 Å². The van der Waals surface area contributed by atoms with Crippen molar-refractivity contribution in [1.82, 2.24) is 14.9 Å². The van der Waals surface area contributed by atoms with Crippen LogP contribution < -0.4 is 0 Å². The molecule has 5 nitrogen and oxygen atoms in total. The molecule has 1 atom stereocenters. The lowest BCUT2D eigenvalue weighted by molar-refractivity contribution is 0.0126. The number of ether oxygens (including phenoxy) is 1. The summed E-state index contributed by atoms with van der Waals surface area (Å²) in [5.41, 5.74) is -0.0120. The molecule has 0 bridgehead atoms. The number of aliphatic hydroxyl groups excluding tert-OH is 1. The van der Waals surface area contributed by atoms with Gasteiger partial charge in [-0.2, -0.15) is 0 Å². The standard InChI is InChI=1S/C17H33N3O2/c1-15(6-5-8-17(2,3)22-4)7-11-20(12-13-21)14-16-18-9-10-19-16/h9-10,15,21H,5-8,11-14H2,1-4H3,(H,18,19). The minimum Gasteiger partial charge on any atom is -0.395 e. The number of hydrogen-bond acceptors (Lipinski definition) is 4. The molecule has 0 aliphatic carbocycles. The topological polar surface area (TPSA) is 61.4 Å². The van der Waals surface area contributed by atoms with Gasteiger partial charge in [0.25, 0.3) is 0 Å². The summed E-state index contributed by atoms with van der Waals surface area (Å²) in [5, 5.41) is 9.20. The van der Waals surface area contributed by atoms with Crippen molar-refractivity contribution >= 4 is 0 Å². The molecule has 2 N–H and O–H groups in total. The number of aromatic nitrogens is 2. The van der Waals surface area contributed by atoms with Crippen LogP contribution in [0.4, 0.5) is 0 Å². The van der Waals surface area contributed by atoms with Gasteiger partial charge in [0.1, 0.15) is 5.82 Å². The first-order chi connectivity index (χ1) is 10.5. The molecule has 0 amide bonds. The number of nitrogens with one attached hydrogen (secondary N) is 1. The molecule has 1 unspecified atom stereocenters. The average molecular weight is 311 g/mol. The van der Waals surface area contributed by atoms with Gasteiger partial charge in [0.2, 0.25) is 0 Å². The monoisotopic (exact) mass is 311 g/mol. The molecule has 0 saturated carbocycles. The lowest BCUT2D eigenvalue weighted by atomic mass is 9.95. The number of rotatable bonds is 12. The smallest absolute Gasteiger partial charge is 0.120 e. The van der Waals surface area contributed by atoms with Gasteiger partial charge in [0.05, 0.1) is 18.8 Å². The van der Waals surface area contributed by atoms with Gasteiger partial charge in [0.15, 0.2) is 0 Å². The summed E-state index contributed by atoms with van der Waals surface area (Å²) in [5.74, 6) is 1.65. The molecule has 22 heavy (non-hydrogen) atoms. The minimum atomic E-state index is -0.0120. The number of nitrogens with zero attached hydrogens (tertiary/aromatic N) is 2. The summed E-state index contributed by atoms with van der Waals surface area (Å²) in [6, 6.07) is 0. The highest BCUT2D eigenvalue weighted by Gasteiger charge is 2.16. The first-order valence-corrected chi connectivity index (χ1v) is 8.33. The second-order valence-electron chi connectivity index (χ2n) is 6.79. The maximum absolute atomic E-state index is 9.20. The van der Waals surface area contributed by atoms with Crippen LogP contribution in [0.1, 0.15) is 52.3 Å². The Morgan fingerprint density at radius 1 is 1.36 bits per heavy atom. The molecule has 0 fully saturated rings. The number of aliphatic hydroxyl groups is 1. The van der Waals surface area contributed by atoms with Crippen LogP contribution in [0.5, 0.6) is 0 Å². The lowest BCUT2D eigenvalue weighted by Crippen LogP contribution is -2.29. The van der Waals surface area contributed by atoms with E-state index in [0.717, 1.165) is 31.8 Å². The predicted octanol–water partition coefficient (Wildman–Crippen LogP) is 2.83. The van der Waals surface area contributed by atoms with Gasteiger partial charge in [-0.05, 0) is 39.2 Å². The van der Waals surface area contributed by atoms with Crippen molar-refractivity contribution in [3.63, 3.8) is 0 Å². The third-order valence-electron chi connectivity index (χ3n) is 4.31. The SMILES string of the molecule is COC(C)(C)CCCC(C)CCN(CCO)Cc1ncc[nH]1. The highest BCUT2D eigenvalue weighted by atomic mass is 16.5. The van der Waals surface area contributed by atoms with Gasteiger partial charge >= 0.3 is 0 Å². The van der Waals surface area contributed by atoms with Crippen LogP contribution in [0.3, 0.4) is 0 Å². The zero-order chi connectivity index (χ0) is 16.4. The van der Waals surface area contributed by atoms with Crippen LogP contribution in [-0.2, 0) is 11.3 Å². The predicted molar refractivity (Wildman–Crippen MR) is 89.7 cm³/mol. The number of H-pyrrole nitrogens is 1. The molecule has 0 spiro atoms. The molecule has 128 valence electrons. The van der Waals surface area contributed by atoms with Crippen molar-refractivity contribution in [3.8, 4) is 0 Å². The number of methoxy groups -OCH3 is 1. The maximum Gasteiger partial charge on any atom is 0.120 e. The Kier molecular flexibility index (Phi) is 8.68. The van der Waals surface area contributed by atoms with E-state index in [9.17, 15) is 5.11 Å². The molecule has 0 saturated heterocycles. The molecule has 0 aromatic carbocycles. The molecule has 1 heterocycles. The van der Waals surface area contributed by atoms with E-state index in [0.29, 0.717) is 12.5 Å². The Balaban J connectivity index is 2.25. The van der Waals surface area contributed by atoms with Crippen LogP contribution in [0.15, 0.2) is 12.4 Å². The average Bonchev–Trinajstić information content (AvgIpc) is 2.98. The second kappa shape index (κ2) is 9.98. The Morgan fingerprint density at radius 2 is 2.14 bits per heavy atom. The van der Waals surface area contributed by atoms with E-state index in [-0.39, 0.29) is 12.2 Å². The summed E-state index contributed by atoms with van der Waals surface area (Å²) in [6.07, 6.45) is 8.27. The highest BCUT2D eigenvalue weighted by Crippen LogP contribution is 2.20. The van der Waals surface area contributed by atoms with Gasteiger partial charge in [-0.15, -0.1) is 0 Å². The van der Waals surface area contributed by atoms with Gasteiger partial charge < -0.3 is 14.8 Å². The van der Waals surface area contributed by atoms with E-state index < -0.39 is 0 Å². The van der Waals surface area contributed by atoms with Gasteiger partial charge in [0, 0.05) is 26.0 Å². The van der Waals surface area contributed by atoms with Crippen molar-refractivity contribution in [2.24, 2.45) is 5.92 Å². The van der Waals surface area contributed by atoms with Crippen LogP contribution in [0.2, 0.25) is 0 Å². The second-order valence-corrected chi connectivity index (χ2v) is 6.79. The molecular formula is C17H33N3O2. The van der Waals surface area contributed by atoms with Crippen molar-refractivity contribution in [2.45, 2.75) is 58.6 Å². The van der Waals surface area contributed by atoms with E-state index in [1.165, 1.54) is 12.8 Å². The summed E-state index contributed by atoms with van der Waals surface area (Å²) < 4.78 is 5.46.